The molecule has 1 aromatic carbocycles. The number of amides is 2. The highest BCUT2D eigenvalue weighted by Crippen LogP contribution is 2.38. The summed E-state index contributed by atoms with van der Waals surface area (Å²) in [6.07, 6.45) is 3.68. The topological polar surface area (TPSA) is 137 Å². The zero-order valence-electron chi connectivity index (χ0n) is 23.1. The van der Waals surface area contributed by atoms with E-state index in [0.29, 0.717) is 41.9 Å². The summed E-state index contributed by atoms with van der Waals surface area (Å²) in [6.45, 7) is 1.61. The molecule has 43 heavy (non-hydrogen) atoms. The Kier molecular flexibility index (Phi) is 8.03. The molecule has 0 saturated carbocycles. The number of hydrogen-bond donors (Lipinski definition) is 3. The van der Waals surface area contributed by atoms with Crippen molar-refractivity contribution in [1.29, 1.82) is 0 Å². The number of carbonyl (C=O) groups is 2. The van der Waals surface area contributed by atoms with E-state index < -0.39 is 17.6 Å². The minimum atomic E-state index is -4.58. The molecule has 0 bridgehead atoms. The van der Waals surface area contributed by atoms with Crippen LogP contribution in [-0.2, 0) is 11.0 Å². The van der Waals surface area contributed by atoms with Gasteiger partial charge in [-0.3, -0.25) is 14.0 Å². The molecule has 2 amide bonds. The van der Waals surface area contributed by atoms with Gasteiger partial charge >= 0.3 is 6.18 Å². The number of carbonyl (C=O) groups excluding carboxylic acids is 2. The van der Waals surface area contributed by atoms with E-state index in [1.165, 1.54) is 19.2 Å². The largest absolute Gasteiger partial charge is 0.496 e. The summed E-state index contributed by atoms with van der Waals surface area (Å²) in [5, 5.41) is 5.30. The predicted octanol–water partition coefficient (Wildman–Crippen LogP) is 4.73. The van der Waals surface area contributed by atoms with E-state index in [2.05, 4.69) is 32.4 Å². The van der Waals surface area contributed by atoms with E-state index >= 15 is 0 Å². The molecular formula is C30H26F3N7O3. The van der Waals surface area contributed by atoms with E-state index in [-0.39, 0.29) is 34.9 Å². The van der Waals surface area contributed by atoms with Gasteiger partial charge in [-0.15, -0.1) is 0 Å². The first-order valence-corrected chi connectivity index (χ1v) is 13.2. The Balaban J connectivity index is 1.46. The van der Waals surface area contributed by atoms with Crippen molar-refractivity contribution in [2.45, 2.75) is 38.4 Å². The number of aromatic nitrogens is 4. The summed E-state index contributed by atoms with van der Waals surface area (Å²) >= 11 is 0. The van der Waals surface area contributed by atoms with Crippen LogP contribution < -0.4 is 21.1 Å². The van der Waals surface area contributed by atoms with E-state index in [9.17, 15) is 22.8 Å². The number of alkyl halides is 3. The Bertz CT molecular complexity index is 1820. The SMILES string of the molecule is CC#CC(=O)NC1CC=C(c2nc(-c3ccc(C(=O)Nc4cc(C(F)(F)F)ccn4)cc3OC)c3c(N)nccn23)CC1. The molecule has 13 heteroatoms. The summed E-state index contributed by atoms with van der Waals surface area (Å²) in [5.41, 5.74) is 7.99. The maximum absolute atomic E-state index is 13.1. The number of nitrogens with one attached hydrogen (secondary N) is 2. The number of hydrogen-bond acceptors (Lipinski definition) is 7. The standard InChI is InChI=1S/C30H26F3N7O3/c1-3-4-24(41)37-20-8-5-17(6-9-20)28-39-25(26-27(34)36-13-14-40(26)28)21-10-7-18(15-22(21)43-2)29(42)38-23-16-19(11-12-35-23)30(31,32)33/h5,7,10-16,20H,6,8-9H2,1-2H3,(H2,34,36)(H,37,41)(H,35,38,42). The predicted molar refractivity (Wildman–Crippen MR) is 154 cm³/mol. The molecule has 1 unspecified atom stereocenters. The van der Waals surface area contributed by atoms with Crippen LogP contribution >= 0.6 is 0 Å². The summed E-state index contributed by atoms with van der Waals surface area (Å²) in [5.74, 6) is 5.02. The van der Waals surface area contributed by atoms with Gasteiger partial charge in [0.05, 0.1) is 12.7 Å². The fourth-order valence-electron chi connectivity index (χ4n) is 4.87. The zero-order valence-corrected chi connectivity index (χ0v) is 23.1. The van der Waals surface area contributed by atoms with Gasteiger partial charge in [-0.25, -0.2) is 15.0 Å². The van der Waals surface area contributed by atoms with Crippen molar-refractivity contribution >= 4 is 34.5 Å². The highest BCUT2D eigenvalue weighted by Gasteiger charge is 2.31. The highest BCUT2D eigenvalue weighted by molar-refractivity contribution is 6.05. The van der Waals surface area contributed by atoms with Crippen molar-refractivity contribution < 1.29 is 27.5 Å². The van der Waals surface area contributed by atoms with Crippen LogP contribution in [0.5, 0.6) is 5.75 Å². The van der Waals surface area contributed by atoms with Gasteiger partial charge in [0.25, 0.3) is 11.8 Å². The second-order valence-corrected chi connectivity index (χ2v) is 9.66. The number of halogens is 3. The summed E-state index contributed by atoms with van der Waals surface area (Å²) < 4.78 is 46.7. The average Bonchev–Trinajstić information content (AvgIpc) is 3.38. The molecule has 0 radical (unpaired) electrons. The van der Waals surface area contributed by atoms with Gasteiger partial charge in [-0.2, -0.15) is 13.2 Å². The van der Waals surface area contributed by atoms with Gasteiger partial charge in [0.15, 0.2) is 0 Å². The van der Waals surface area contributed by atoms with Gasteiger partial charge in [-0.05, 0) is 68.0 Å². The number of fused-ring (bicyclic) bond motifs is 1. The van der Waals surface area contributed by atoms with Gasteiger partial charge < -0.3 is 21.1 Å². The number of ether oxygens (including phenoxy) is 1. The van der Waals surface area contributed by atoms with Gasteiger partial charge in [-0.1, -0.05) is 12.0 Å². The number of allylic oxidation sites excluding steroid dienone is 1. The minimum absolute atomic E-state index is 0.0422. The molecule has 10 nitrogen and oxygen atoms in total. The summed E-state index contributed by atoms with van der Waals surface area (Å²) in [6, 6.07) is 6.13. The van der Waals surface area contributed by atoms with Crippen LogP contribution in [0.4, 0.5) is 24.8 Å². The summed E-state index contributed by atoms with van der Waals surface area (Å²) in [7, 11) is 1.43. The molecule has 1 aliphatic rings. The molecule has 0 fully saturated rings. The number of benzene rings is 1. The van der Waals surface area contributed by atoms with Crippen molar-refractivity contribution in [2.24, 2.45) is 0 Å². The lowest BCUT2D eigenvalue weighted by Gasteiger charge is -2.21. The second kappa shape index (κ2) is 11.8. The molecule has 0 spiro atoms. The quantitative estimate of drug-likeness (QED) is 0.277. The number of imidazole rings is 1. The number of anilines is 2. The van der Waals surface area contributed by atoms with Crippen LogP contribution in [0.3, 0.4) is 0 Å². The Hall–Kier alpha value is -5.38. The number of pyridine rings is 1. The molecule has 0 saturated heterocycles. The molecule has 4 aromatic rings. The molecule has 220 valence electrons. The lowest BCUT2D eigenvalue weighted by molar-refractivity contribution is -0.137. The number of nitrogen functional groups attached to an aromatic ring is 1. The Morgan fingerprint density at radius 1 is 1.16 bits per heavy atom. The third-order valence-corrected chi connectivity index (χ3v) is 6.90. The van der Waals surface area contributed by atoms with Crippen molar-refractivity contribution in [3.63, 3.8) is 0 Å². The van der Waals surface area contributed by atoms with Gasteiger partial charge in [0.2, 0.25) is 0 Å². The lowest BCUT2D eigenvalue weighted by Crippen LogP contribution is -2.34. The Morgan fingerprint density at radius 2 is 1.98 bits per heavy atom. The number of nitrogens with zero attached hydrogens (tertiary/aromatic N) is 4. The fourth-order valence-corrected chi connectivity index (χ4v) is 4.87. The number of nitrogens with two attached hydrogens (primary N) is 1. The van der Waals surface area contributed by atoms with Crippen LogP contribution in [0.1, 0.15) is 47.9 Å². The van der Waals surface area contributed by atoms with Crippen molar-refractivity contribution in [2.75, 3.05) is 18.2 Å². The number of rotatable bonds is 6. The van der Waals surface area contributed by atoms with E-state index in [0.717, 1.165) is 23.9 Å². The fraction of sp³-hybridized carbons (Fsp3) is 0.233. The molecule has 1 aliphatic carbocycles. The molecule has 1 atom stereocenters. The smallest absolute Gasteiger partial charge is 0.416 e. The first-order chi connectivity index (χ1) is 20.6. The minimum Gasteiger partial charge on any atom is -0.496 e. The maximum atomic E-state index is 13.1. The summed E-state index contributed by atoms with van der Waals surface area (Å²) in [4.78, 5) is 37.8. The molecule has 5 rings (SSSR count). The van der Waals surface area contributed by atoms with Crippen LogP contribution in [0.15, 0.2) is 55.0 Å². The lowest BCUT2D eigenvalue weighted by atomic mass is 9.94. The Morgan fingerprint density at radius 3 is 2.67 bits per heavy atom. The zero-order chi connectivity index (χ0) is 30.7. The van der Waals surface area contributed by atoms with Crippen molar-refractivity contribution in [3.05, 3.63) is 71.9 Å². The molecule has 3 heterocycles. The van der Waals surface area contributed by atoms with E-state index in [1.807, 2.05) is 10.5 Å². The van der Waals surface area contributed by atoms with E-state index in [1.54, 1.807) is 25.4 Å². The van der Waals surface area contributed by atoms with E-state index in [4.69, 9.17) is 15.5 Å². The molecule has 3 aromatic heterocycles. The van der Waals surface area contributed by atoms with Crippen LogP contribution in [0, 0.1) is 11.8 Å². The Labute approximate surface area is 244 Å². The molecule has 4 N–H and O–H groups in total. The first kappa shape index (κ1) is 29.1. The highest BCUT2D eigenvalue weighted by atomic mass is 19.4. The van der Waals surface area contributed by atoms with Gasteiger partial charge in [0.1, 0.15) is 34.4 Å². The third-order valence-electron chi connectivity index (χ3n) is 6.90. The van der Waals surface area contributed by atoms with Crippen molar-refractivity contribution in [1.82, 2.24) is 24.7 Å². The maximum Gasteiger partial charge on any atom is 0.416 e. The monoisotopic (exact) mass is 589 g/mol. The first-order valence-electron chi connectivity index (χ1n) is 13.2. The molecular weight excluding hydrogens is 563 g/mol. The average molecular weight is 590 g/mol. The normalized spacial score (nSPS) is 14.8. The third kappa shape index (κ3) is 6.13. The second-order valence-electron chi connectivity index (χ2n) is 9.66. The van der Waals surface area contributed by atoms with Gasteiger partial charge in [0, 0.05) is 35.8 Å². The number of methoxy groups -OCH3 is 1. The van der Waals surface area contributed by atoms with Crippen LogP contribution in [-0.4, -0.2) is 44.3 Å². The van der Waals surface area contributed by atoms with Crippen LogP contribution in [0.2, 0.25) is 0 Å². The van der Waals surface area contributed by atoms with Crippen molar-refractivity contribution in [3.8, 4) is 28.8 Å². The molecule has 0 aliphatic heterocycles. The van der Waals surface area contributed by atoms with Crippen LogP contribution in [0.25, 0.3) is 22.3 Å².